The lowest BCUT2D eigenvalue weighted by Gasteiger charge is -2.49. The maximum atomic E-state index is 14.4. The molecule has 0 unspecified atom stereocenters. The molecule has 4 aromatic rings. The molecule has 5 nitrogen and oxygen atoms in total. The van der Waals surface area contributed by atoms with Gasteiger partial charge in [-0.25, -0.2) is 4.39 Å². The van der Waals surface area contributed by atoms with Gasteiger partial charge in [-0.05, 0) is 72.2 Å². The molecule has 1 aromatic heterocycles. The molecule has 4 fully saturated rings. The van der Waals surface area contributed by atoms with E-state index in [1.165, 1.54) is 11.2 Å². The van der Waals surface area contributed by atoms with Crippen molar-refractivity contribution in [1.82, 2.24) is 14.4 Å². The van der Waals surface area contributed by atoms with Crippen LogP contribution < -0.4 is 9.22 Å². The van der Waals surface area contributed by atoms with Crippen LogP contribution in [0.1, 0.15) is 35.6 Å². The van der Waals surface area contributed by atoms with Crippen molar-refractivity contribution in [3.8, 4) is 16.9 Å². The van der Waals surface area contributed by atoms with Crippen molar-refractivity contribution in [3.05, 3.63) is 89.4 Å². The third kappa shape index (κ3) is 4.68. The van der Waals surface area contributed by atoms with E-state index in [0.717, 1.165) is 103 Å². The van der Waals surface area contributed by atoms with Crippen molar-refractivity contribution in [2.24, 2.45) is 0 Å². The molecule has 4 aliphatic rings. The molecule has 5 heterocycles. The molecule has 0 aliphatic carbocycles. The first-order valence-electron chi connectivity index (χ1n) is 14.7. The number of nitrogens with zero attached hydrogens (tertiary/aromatic N) is 3. The van der Waals surface area contributed by atoms with Gasteiger partial charge >= 0.3 is 0 Å². The van der Waals surface area contributed by atoms with Crippen molar-refractivity contribution in [2.75, 3.05) is 52.5 Å². The molecule has 6 heteroatoms. The van der Waals surface area contributed by atoms with Gasteiger partial charge in [0.2, 0.25) is 5.82 Å². The number of ether oxygens (including phenoxy) is 2. The molecule has 3 aromatic carbocycles. The minimum absolute atomic E-state index is 0.175. The van der Waals surface area contributed by atoms with Crippen LogP contribution in [0.5, 0.6) is 5.75 Å². The third-order valence-electron chi connectivity index (χ3n) is 9.27. The van der Waals surface area contributed by atoms with Gasteiger partial charge in [-0.1, -0.05) is 36.4 Å². The average Bonchev–Trinajstić information content (AvgIpc) is 3.02. The Morgan fingerprint density at radius 3 is 2.40 bits per heavy atom. The van der Waals surface area contributed by atoms with Crippen LogP contribution in [0, 0.1) is 12.7 Å². The smallest absolute Gasteiger partial charge is 0.236 e. The lowest BCUT2D eigenvalue weighted by molar-refractivity contribution is 0.0659. The van der Waals surface area contributed by atoms with Crippen molar-refractivity contribution < 1.29 is 13.9 Å². The summed E-state index contributed by atoms with van der Waals surface area (Å²) in [5.41, 5.74) is 5.12. The highest BCUT2D eigenvalue weighted by Gasteiger charge is 2.43. The van der Waals surface area contributed by atoms with Gasteiger partial charge in [-0.15, -0.1) is 0 Å². The Morgan fingerprint density at radius 2 is 1.68 bits per heavy atom. The van der Waals surface area contributed by atoms with Gasteiger partial charge in [0.15, 0.2) is 0 Å². The summed E-state index contributed by atoms with van der Waals surface area (Å²) in [6.07, 6.45) is 1.91. The van der Waals surface area contributed by atoms with Gasteiger partial charge < -0.3 is 9.47 Å². The zero-order chi connectivity index (χ0) is 27.1. The average molecular weight is 539 g/mol. The number of pyridine rings is 1. The summed E-state index contributed by atoms with van der Waals surface area (Å²) in [6.45, 7) is 10.5. The largest absolute Gasteiger partial charge is 0.489 e. The maximum absolute atomic E-state index is 14.4. The fourth-order valence-corrected chi connectivity index (χ4v) is 6.84. The number of aryl methyl sites for hydroxylation is 1. The number of benzene rings is 3. The molecular formula is C34H37FN3O2+. The topological polar surface area (TPSA) is 34.6 Å². The summed E-state index contributed by atoms with van der Waals surface area (Å²) in [4.78, 5) is 8.23. The zero-order valence-corrected chi connectivity index (χ0v) is 23.2. The predicted octanol–water partition coefficient (Wildman–Crippen LogP) is 6.46. The van der Waals surface area contributed by atoms with Crippen LogP contribution in [0.4, 0.5) is 10.2 Å². The second kappa shape index (κ2) is 10.6. The van der Waals surface area contributed by atoms with Crippen LogP contribution in [-0.2, 0) is 11.3 Å². The van der Waals surface area contributed by atoms with Crippen LogP contribution in [0.2, 0.25) is 0 Å². The molecule has 0 radical (unpaired) electrons. The number of hydrogen-bond donors (Lipinski definition) is 0. The van der Waals surface area contributed by atoms with Crippen molar-refractivity contribution in [1.29, 1.82) is 0 Å². The molecule has 4 saturated heterocycles. The van der Waals surface area contributed by atoms with Crippen LogP contribution in [0.25, 0.3) is 21.9 Å². The summed E-state index contributed by atoms with van der Waals surface area (Å²) >= 11 is 0. The minimum Gasteiger partial charge on any atom is -0.489 e. The van der Waals surface area contributed by atoms with E-state index in [-0.39, 0.29) is 5.82 Å². The molecule has 0 spiro atoms. The summed E-state index contributed by atoms with van der Waals surface area (Å²) in [7, 11) is 0. The predicted molar refractivity (Wildman–Crippen MR) is 158 cm³/mol. The fraction of sp³-hybridized carbons (Fsp3) is 0.382. The van der Waals surface area contributed by atoms with E-state index in [1.54, 1.807) is 6.07 Å². The molecule has 4 aliphatic heterocycles. The zero-order valence-electron chi connectivity index (χ0n) is 23.2. The number of piperazine rings is 3. The van der Waals surface area contributed by atoms with Gasteiger partial charge in [-0.2, -0.15) is 4.98 Å². The van der Waals surface area contributed by atoms with Crippen LogP contribution in [0.15, 0.2) is 66.7 Å². The quantitative estimate of drug-likeness (QED) is 0.264. The minimum atomic E-state index is -0.175. The first-order chi connectivity index (χ1) is 19.6. The fourth-order valence-electron chi connectivity index (χ4n) is 6.84. The van der Waals surface area contributed by atoms with Crippen molar-refractivity contribution in [3.63, 3.8) is 0 Å². The van der Waals surface area contributed by atoms with E-state index in [0.29, 0.717) is 18.1 Å². The molecule has 2 bridgehead atoms. The number of aromatic nitrogens is 1. The molecule has 8 rings (SSSR count). The van der Waals surface area contributed by atoms with E-state index in [1.807, 2.05) is 37.3 Å². The van der Waals surface area contributed by atoms with E-state index in [4.69, 9.17) is 14.5 Å². The Bertz CT molecular complexity index is 1510. The monoisotopic (exact) mass is 538 g/mol. The third-order valence-corrected chi connectivity index (χ3v) is 9.27. The number of rotatable bonds is 6. The molecule has 0 saturated carbocycles. The SMILES string of the molecule is Cc1cc(-c2c(C3CCOCC3)nc([N+]34CCN(CC3)CC4)c3cc(OCc4ccccc4)ccc23)ccc1F. The van der Waals surface area contributed by atoms with E-state index < -0.39 is 0 Å². The highest BCUT2D eigenvalue weighted by atomic mass is 19.1. The van der Waals surface area contributed by atoms with Gasteiger partial charge in [0.1, 0.15) is 18.2 Å². The van der Waals surface area contributed by atoms with Crippen molar-refractivity contribution >= 4 is 16.6 Å². The number of fused-ring (bicyclic) bond motifs is 4. The molecule has 206 valence electrons. The van der Waals surface area contributed by atoms with Gasteiger partial charge in [-0.3, -0.25) is 9.38 Å². The maximum Gasteiger partial charge on any atom is 0.236 e. The van der Waals surface area contributed by atoms with E-state index in [2.05, 4.69) is 35.2 Å². The van der Waals surface area contributed by atoms with Gasteiger partial charge in [0.05, 0.1) is 30.7 Å². The summed E-state index contributed by atoms with van der Waals surface area (Å²) in [5, 5.41) is 2.35. The summed E-state index contributed by atoms with van der Waals surface area (Å²) in [6, 6.07) is 22.3. The van der Waals surface area contributed by atoms with E-state index in [9.17, 15) is 4.39 Å². The lowest BCUT2D eigenvalue weighted by Crippen LogP contribution is -2.68. The Hall–Kier alpha value is -3.32. The first-order valence-corrected chi connectivity index (χ1v) is 14.7. The van der Waals surface area contributed by atoms with Gasteiger partial charge in [0.25, 0.3) is 0 Å². The number of halogens is 1. The Morgan fingerprint density at radius 1 is 0.925 bits per heavy atom. The summed E-state index contributed by atoms with van der Waals surface area (Å²) in [5.74, 6) is 2.18. The standard InChI is InChI=1S/C34H37FN3O2/c1-24-21-27(7-10-31(24)35)32-29-9-8-28(40-23-25-5-3-2-4-6-25)22-30(29)34(36-33(32)26-11-19-39-20-12-26)38-16-13-37(14-17-38)15-18-38/h2-10,21-22,26H,11-20,23H2,1H3/q+1. The highest BCUT2D eigenvalue weighted by molar-refractivity contribution is 6.03. The normalized spacial score (nSPS) is 23.0. The van der Waals surface area contributed by atoms with Crippen LogP contribution >= 0.6 is 0 Å². The summed E-state index contributed by atoms with van der Waals surface area (Å²) < 4.78 is 27.4. The molecule has 0 N–H and O–H groups in total. The Labute approximate surface area is 235 Å². The number of hydrogen-bond acceptors (Lipinski definition) is 4. The number of quaternary nitrogens is 1. The molecule has 0 amide bonds. The van der Waals surface area contributed by atoms with Crippen molar-refractivity contribution in [2.45, 2.75) is 32.3 Å². The van der Waals surface area contributed by atoms with Gasteiger partial charge in [0, 0.05) is 44.3 Å². The molecule has 0 atom stereocenters. The molecular weight excluding hydrogens is 501 g/mol. The Balaban J connectivity index is 1.43. The van der Waals surface area contributed by atoms with Crippen LogP contribution in [0.3, 0.4) is 0 Å². The highest BCUT2D eigenvalue weighted by Crippen LogP contribution is 2.45. The second-order valence-electron chi connectivity index (χ2n) is 11.7. The molecule has 40 heavy (non-hydrogen) atoms. The second-order valence-corrected chi connectivity index (χ2v) is 11.7. The Kier molecular flexibility index (Phi) is 6.78. The van der Waals surface area contributed by atoms with E-state index >= 15 is 0 Å². The lowest BCUT2D eigenvalue weighted by atomic mass is 9.86. The first kappa shape index (κ1) is 25.6. The van der Waals surface area contributed by atoms with Crippen LogP contribution in [-0.4, -0.2) is 62.4 Å².